The first-order valence-corrected chi connectivity index (χ1v) is 6.36. The van der Waals surface area contributed by atoms with E-state index in [4.69, 9.17) is 14.6 Å². The number of benzene rings is 2. The van der Waals surface area contributed by atoms with Crippen LogP contribution >= 0.6 is 0 Å². The molecule has 0 unspecified atom stereocenters. The lowest BCUT2D eigenvalue weighted by atomic mass is 10.2. The molecule has 0 saturated heterocycles. The molecule has 0 aliphatic carbocycles. The minimum atomic E-state index is -5.08. The van der Waals surface area contributed by atoms with Gasteiger partial charge in [-0.15, -0.1) is 0 Å². The summed E-state index contributed by atoms with van der Waals surface area (Å²) < 4.78 is 36.8. The molecule has 0 fully saturated rings. The Morgan fingerprint density at radius 2 is 1.61 bits per heavy atom. The highest BCUT2D eigenvalue weighted by atomic mass is 19.4. The number of aliphatic carboxylic acids is 1. The minimum absolute atomic E-state index is 0.858. The lowest BCUT2D eigenvalue weighted by Crippen LogP contribution is -2.21. The van der Waals surface area contributed by atoms with Crippen LogP contribution in [0.3, 0.4) is 0 Å². The van der Waals surface area contributed by atoms with Crippen molar-refractivity contribution in [3.05, 3.63) is 60.2 Å². The Morgan fingerprint density at radius 3 is 2.04 bits per heavy atom. The maximum absolute atomic E-state index is 10.6. The average Bonchev–Trinajstić information content (AvgIpc) is 2.54. The van der Waals surface area contributed by atoms with Crippen LogP contribution in [0.15, 0.2) is 59.6 Å². The van der Waals surface area contributed by atoms with E-state index in [1.807, 2.05) is 60.8 Å². The maximum atomic E-state index is 10.6. The number of rotatable bonds is 3. The van der Waals surface area contributed by atoms with Gasteiger partial charge in [-0.3, -0.25) is 4.99 Å². The van der Waals surface area contributed by atoms with Gasteiger partial charge >= 0.3 is 12.1 Å². The molecule has 0 aliphatic heterocycles. The van der Waals surface area contributed by atoms with Crippen molar-refractivity contribution in [1.29, 1.82) is 0 Å². The van der Waals surface area contributed by atoms with Crippen molar-refractivity contribution in [2.75, 3.05) is 7.11 Å². The second-order valence-electron chi connectivity index (χ2n) is 4.17. The van der Waals surface area contributed by atoms with E-state index in [0.29, 0.717) is 0 Å². The van der Waals surface area contributed by atoms with Crippen LogP contribution < -0.4 is 4.74 Å². The van der Waals surface area contributed by atoms with Gasteiger partial charge in [-0.25, -0.2) is 4.79 Å². The molecule has 0 amide bonds. The van der Waals surface area contributed by atoms with E-state index < -0.39 is 12.1 Å². The van der Waals surface area contributed by atoms with Crippen molar-refractivity contribution < 1.29 is 27.8 Å². The molecule has 2 rings (SSSR count). The highest BCUT2D eigenvalue weighted by Gasteiger charge is 2.38. The summed E-state index contributed by atoms with van der Waals surface area (Å²) in [5.74, 6) is -1.90. The van der Waals surface area contributed by atoms with Crippen LogP contribution in [-0.2, 0) is 4.79 Å². The zero-order valence-electron chi connectivity index (χ0n) is 12.1. The van der Waals surface area contributed by atoms with Gasteiger partial charge in [0.05, 0.1) is 12.8 Å². The third-order valence-electron chi connectivity index (χ3n) is 2.48. The zero-order chi connectivity index (χ0) is 17.3. The molecule has 1 N–H and O–H groups in total. The predicted octanol–water partition coefficient (Wildman–Crippen LogP) is 4.08. The second-order valence-corrected chi connectivity index (χ2v) is 4.17. The fourth-order valence-electron chi connectivity index (χ4n) is 1.35. The molecule has 0 spiro atoms. The van der Waals surface area contributed by atoms with Gasteiger partial charge in [-0.1, -0.05) is 18.2 Å². The fraction of sp³-hybridized carbons (Fsp3) is 0.125. The molecule has 4 nitrogen and oxygen atoms in total. The molecule has 0 atom stereocenters. The van der Waals surface area contributed by atoms with Crippen LogP contribution in [0, 0.1) is 0 Å². The molecule has 2 aromatic rings. The van der Waals surface area contributed by atoms with Crippen LogP contribution in [0.2, 0.25) is 0 Å². The number of methoxy groups -OCH3 is 1. The van der Waals surface area contributed by atoms with Crippen molar-refractivity contribution in [1.82, 2.24) is 0 Å². The van der Waals surface area contributed by atoms with Crippen LogP contribution in [0.4, 0.5) is 18.9 Å². The Hall–Kier alpha value is -2.83. The SMILES string of the molecule is COc1ccc(C=Nc2ccccc2)cc1.O=C(O)C(F)(F)F. The molecule has 0 aromatic heterocycles. The number of hydrogen-bond donors (Lipinski definition) is 1. The molecule has 0 aliphatic rings. The fourth-order valence-corrected chi connectivity index (χ4v) is 1.35. The van der Waals surface area contributed by atoms with Gasteiger partial charge < -0.3 is 9.84 Å². The van der Waals surface area contributed by atoms with Gasteiger partial charge in [-0.2, -0.15) is 13.2 Å². The van der Waals surface area contributed by atoms with E-state index in [9.17, 15) is 13.2 Å². The quantitative estimate of drug-likeness (QED) is 0.865. The standard InChI is InChI=1S/C14H13NO.C2HF3O2/c1-16-14-9-7-12(8-10-14)11-15-13-5-3-2-4-6-13;3-2(4,5)1(6)7/h2-11H,1H3;(H,6,7). The zero-order valence-corrected chi connectivity index (χ0v) is 12.1. The van der Waals surface area contributed by atoms with Crippen molar-refractivity contribution in [3.63, 3.8) is 0 Å². The largest absolute Gasteiger partial charge is 0.497 e. The third-order valence-corrected chi connectivity index (χ3v) is 2.48. The van der Waals surface area contributed by atoms with Crippen molar-refractivity contribution in [2.24, 2.45) is 4.99 Å². The minimum Gasteiger partial charge on any atom is -0.497 e. The first kappa shape index (κ1) is 18.2. The summed E-state index contributed by atoms with van der Waals surface area (Å²) in [6.45, 7) is 0. The smallest absolute Gasteiger partial charge is 0.490 e. The third kappa shape index (κ3) is 7.12. The van der Waals surface area contributed by atoms with Crippen LogP contribution in [0.25, 0.3) is 0 Å². The number of carboxylic acids is 1. The molecular formula is C16H14F3NO3. The lowest BCUT2D eigenvalue weighted by molar-refractivity contribution is -0.192. The predicted molar refractivity (Wildman–Crippen MR) is 80.4 cm³/mol. The van der Waals surface area contributed by atoms with Crippen molar-refractivity contribution in [2.45, 2.75) is 6.18 Å². The summed E-state index contributed by atoms with van der Waals surface area (Å²) in [5, 5.41) is 7.12. The highest BCUT2D eigenvalue weighted by Crippen LogP contribution is 2.13. The van der Waals surface area contributed by atoms with Crippen molar-refractivity contribution in [3.8, 4) is 5.75 Å². The van der Waals surface area contributed by atoms with E-state index >= 15 is 0 Å². The Labute approximate surface area is 130 Å². The maximum Gasteiger partial charge on any atom is 0.490 e. The number of carbonyl (C=O) groups is 1. The highest BCUT2D eigenvalue weighted by molar-refractivity contribution is 5.82. The number of ether oxygens (including phenoxy) is 1. The Balaban J connectivity index is 0.000000322. The van der Waals surface area contributed by atoms with E-state index in [1.54, 1.807) is 7.11 Å². The van der Waals surface area contributed by atoms with E-state index in [-0.39, 0.29) is 0 Å². The summed E-state index contributed by atoms with van der Waals surface area (Å²) >= 11 is 0. The summed E-state index contributed by atoms with van der Waals surface area (Å²) in [6.07, 6.45) is -3.24. The first-order valence-electron chi connectivity index (χ1n) is 6.36. The van der Waals surface area contributed by atoms with E-state index in [2.05, 4.69) is 4.99 Å². The monoisotopic (exact) mass is 325 g/mol. The van der Waals surface area contributed by atoms with Gasteiger partial charge in [-0.05, 0) is 42.0 Å². The summed E-state index contributed by atoms with van der Waals surface area (Å²) in [7, 11) is 1.66. The van der Waals surface area contributed by atoms with Gasteiger partial charge in [0, 0.05) is 6.21 Å². The first-order chi connectivity index (χ1) is 10.8. The Morgan fingerprint density at radius 1 is 1.09 bits per heavy atom. The molecule has 23 heavy (non-hydrogen) atoms. The summed E-state index contributed by atoms with van der Waals surface area (Å²) in [6, 6.07) is 17.7. The molecular weight excluding hydrogens is 311 g/mol. The van der Waals surface area contributed by atoms with Gasteiger partial charge in [0.1, 0.15) is 5.75 Å². The number of para-hydroxylation sites is 1. The molecule has 0 saturated carbocycles. The number of aliphatic imine (C=N–C) groups is 1. The number of alkyl halides is 3. The van der Waals surface area contributed by atoms with Crippen LogP contribution in [0.1, 0.15) is 5.56 Å². The number of hydrogen-bond acceptors (Lipinski definition) is 3. The topological polar surface area (TPSA) is 58.9 Å². The second kappa shape index (κ2) is 8.57. The summed E-state index contributed by atoms with van der Waals surface area (Å²) in [5.41, 5.74) is 2.02. The molecule has 122 valence electrons. The molecule has 0 heterocycles. The normalized spacial score (nSPS) is 10.8. The lowest BCUT2D eigenvalue weighted by Gasteiger charge is -1.98. The summed E-state index contributed by atoms with van der Waals surface area (Å²) in [4.78, 5) is 13.3. The number of nitrogens with zero attached hydrogens (tertiary/aromatic N) is 1. The molecule has 0 bridgehead atoms. The van der Waals surface area contributed by atoms with Gasteiger partial charge in [0.25, 0.3) is 0 Å². The number of halogens is 3. The Bertz CT molecular complexity index is 638. The Kier molecular flexibility index (Phi) is 6.79. The molecule has 0 radical (unpaired) electrons. The van der Waals surface area contributed by atoms with Gasteiger partial charge in [0.2, 0.25) is 0 Å². The average molecular weight is 325 g/mol. The van der Waals surface area contributed by atoms with Crippen molar-refractivity contribution >= 4 is 17.9 Å². The van der Waals surface area contributed by atoms with Crippen LogP contribution in [0.5, 0.6) is 5.75 Å². The number of carboxylic acid groups (broad SMARTS) is 1. The van der Waals surface area contributed by atoms with E-state index in [1.165, 1.54) is 0 Å². The van der Waals surface area contributed by atoms with Gasteiger partial charge in [0.15, 0.2) is 0 Å². The van der Waals surface area contributed by atoms with Crippen LogP contribution in [-0.4, -0.2) is 30.6 Å². The van der Waals surface area contributed by atoms with E-state index in [0.717, 1.165) is 17.0 Å². The molecule has 2 aromatic carbocycles. The molecule has 7 heteroatoms.